The van der Waals surface area contributed by atoms with Gasteiger partial charge in [-0.15, -0.1) is 0 Å². The minimum atomic E-state index is -1.90. The highest BCUT2D eigenvalue weighted by molar-refractivity contribution is 6.34. The highest BCUT2D eigenvalue weighted by Crippen LogP contribution is 2.42. The van der Waals surface area contributed by atoms with Crippen molar-refractivity contribution in [2.24, 2.45) is 17.8 Å². The molecule has 82 heavy (non-hydrogen) atoms. The van der Waals surface area contributed by atoms with Gasteiger partial charge in [-0.25, -0.2) is 0 Å². The minimum Gasteiger partial charge on any atom is -0.481 e. The number of aliphatic carboxylic acids is 1. The first-order chi connectivity index (χ1) is 38.3. The molecule has 6 rings (SSSR count). The fraction of sp³-hybridized carbons (Fsp3) is 0.776. The molecule has 0 spiro atoms. The predicted molar refractivity (Wildman–Crippen MR) is 305 cm³/mol. The zero-order valence-corrected chi connectivity index (χ0v) is 51.1. The molecule has 1 amide bonds. The van der Waals surface area contributed by atoms with Crippen LogP contribution >= 0.6 is 11.6 Å². The number of carbonyl (C=O) groups is 4. The number of anilines is 1. The molecule has 23 nitrogen and oxygen atoms in total. The molecule has 8 N–H and O–H groups in total. The van der Waals surface area contributed by atoms with Crippen molar-refractivity contribution in [3.8, 4) is 0 Å². The second-order valence-electron chi connectivity index (χ2n) is 24.5. The number of pyridine rings is 1. The van der Waals surface area contributed by atoms with E-state index in [9.17, 15) is 44.4 Å². The van der Waals surface area contributed by atoms with Crippen LogP contribution in [0.2, 0.25) is 5.02 Å². The van der Waals surface area contributed by atoms with Crippen molar-refractivity contribution in [3.63, 3.8) is 0 Å². The number of amides is 1. The highest BCUT2D eigenvalue weighted by Gasteiger charge is 2.54. The van der Waals surface area contributed by atoms with Crippen LogP contribution in [0.25, 0.3) is 10.9 Å². The molecule has 3 aliphatic heterocycles. The topological polar surface area (TPSA) is 299 Å². The summed E-state index contributed by atoms with van der Waals surface area (Å²) in [5.41, 5.74) is -4.67. The average molecular weight is 1180 g/mol. The van der Waals surface area contributed by atoms with Crippen LogP contribution in [0, 0.1) is 17.8 Å². The highest BCUT2D eigenvalue weighted by atomic mass is 35.5. The van der Waals surface area contributed by atoms with Crippen molar-refractivity contribution in [3.05, 3.63) is 39.1 Å². The number of aliphatic hydroxyl groups is 4. The number of carbonyl (C=O) groups excluding carboxylic acids is 3. The Hall–Kier alpha value is -4.08. The van der Waals surface area contributed by atoms with E-state index < -0.39 is 126 Å². The van der Waals surface area contributed by atoms with Crippen molar-refractivity contribution >= 4 is 52.0 Å². The predicted octanol–water partition coefficient (Wildman–Crippen LogP) is 3.66. The molecule has 0 radical (unpaired) electrons. The van der Waals surface area contributed by atoms with E-state index in [0.29, 0.717) is 42.3 Å². The fourth-order valence-electron chi connectivity index (χ4n) is 12.3. The number of ether oxygens (including phenoxy) is 7. The number of hydrogen-bond donors (Lipinski definition) is 8. The first-order valence-corrected chi connectivity index (χ1v) is 29.3. The zero-order valence-electron chi connectivity index (χ0n) is 50.3. The van der Waals surface area contributed by atoms with E-state index in [0.717, 1.165) is 12.8 Å². The van der Waals surface area contributed by atoms with Gasteiger partial charge in [-0.1, -0.05) is 32.4 Å². The van der Waals surface area contributed by atoms with E-state index in [-0.39, 0.29) is 67.3 Å². The Morgan fingerprint density at radius 3 is 2.24 bits per heavy atom. The normalized spacial score (nSPS) is 36.5. The smallest absolute Gasteiger partial charge is 0.325 e. The molecular weight excluding hydrogens is 1090 g/mol. The lowest BCUT2D eigenvalue weighted by atomic mass is 9.77. The number of nitrogens with one attached hydrogen (secondary N) is 3. The zero-order chi connectivity index (χ0) is 60.9. The van der Waals surface area contributed by atoms with Crippen LogP contribution in [0.15, 0.2) is 23.1 Å². The molecule has 4 aliphatic rings. The molecule has 1 aromatic heterocycles. The van der Waals surface area contributed by atoms with Crippen molar-refractivity contribution in [1.29, 1.82) is 0 Å². The van der Waals surface area contributed by atoms with Crippen molar-refractivity contribution < 1.29 is 77.9 Å². The Bertz CT molecular complexity index is 2580. The van der Waals surface area contributed by atoms with Crippen LogP contribution < -0.4 is 21.4 Å². The van der Waals surface area contributed by atoms with E-state index in [2.05, 4.69) is 16.0 Å². The largest absolute Gasteiger partial charge is 0.481 e. The molecule has 1 aliphatic carbocycles. The number of carboxylic acids is 1. The van der Waals surface area contributed by atoms with E-state index in [1.807, 2.05) is 49.4 Å². The van der Waals surface area contributed by atoms with Crippen molar-refractivity contribution in [2.45, 2.75) is 211 Å². The number of fused-ring (bicyclic) bond motifs is 1. The van der Waals surface area contributed by atoms with Crippen LogP contribution in [0.4, 0.5) is 5.69 Å². The number of hydrogen-bond acceptors (Lipinski definition) is 20. The summed E-state index contributed by atoms with van der Waals surface area (Å²) < 4.78 is 46.6. The third-order valence-electron chi connectivity index (χ3n) is 17.3. The third-order valence-corrected chi connectivity index (χ3v) is 17.6. The number of halogens is 1. The van der Waals surface area contributed by atoms with Crippen molar-refractivity contribution in [2.75, 3.05) is 66.3 Å². The number of aromatic nitrogens is 1. The lowest BCUT2D eigenvalue weighted by Crippen LogP contribution is -2.61. The maximum Gasteiger partial charge on any atom is 0.325 e. The second-order valence-corrected chi connectivity index (χ2v) is 24.9. The lowest BCUT2D eigenvalue weighted by molar-refractivity contribution is -0.318. The summed E-state index contributed by atoms with van der Waals surface area (Å²) in [5.74, 6) is -5.64. The molecular formula is C58H93ClN6O17. The fourth-order valence-corrected chi connectivity index (χ4v) is 12.5. The third kappa shape index (κ3) is 15.9. The summed E-state index contributed by atoms with van der Waals surface area (Å²) in [6.45, 7) is 18.0. The number of benzene rings is 1. The molecule has 18 atom stereocenters. The Morgan fingerprint density at radius 1 is 0.939 bits per heavy atom. The summed E-state index contributed by atoms with van der Waals surface area (Å²) >= 11 is 6.66. The lowest BCUT2D eigenvalue weighted by Gasteiger charge is -2.49. The van der Waals surface area contributed by atoms with Gasteiger partial charge in [-0.05, 0) is 120 Å². The van der Waals surface area contributed by atoms with Crippen LogP contribution in [0.1, 0.15) is 131 Å². The molecule has 464 valence electrons. The number of likely N-dealkylation sites (N-methyl/N-ethyl adjacent to an activating group) is 2. The molecule has 2 aromatic rings. The number of carboxylic acid groups (broad SMARTS) is 1. The Kier molecular flexibility index (Phi) is 22.9. The summed E-state index contributed by atoms with van der Waals surface area (Å²) in [7, 11) is 6.96. The van der Waals surface area contributed by atoms with Crippen molar-refractivity contribution in [1.82, 2.24) is 25.0 Å². The van der Waals surface area contributed by atoms with Gasteiger partial charge in [-0.2, -0.15) is 0 Å². The van der Waals surface area contributed by atoms with E-state index in [4.69, 9.17) is 49.9 Å². The molecule has 4 heterocycles. The summed E-state index contributed by atoms with van der Waals surface area (Å²) in [6.07, 6.45) is -6.93. The Balaban J connectivity index is 1.24. The molecule has 4 fully saturated rings. The summed E-state index contributed by atoms with van der Waals surface area (Å²) in [4.78, 5) is 71.0. The van der Waals surface area contributed by atoms with Crippen LogP contribution in [-0.2, 0) is 47.5 Å². The summed E-state index contributed by atoms with van der Waals surface area (Å²) in [6, 6.07) is 2.31. The quantitative estimate of drug-likeness (QED) is 0.0735. The van der Waals surface area contributed by atoms with Gasteiger partial charge in [0, 0.05) is 75.3 Å². The van der Waals surface area contributed by atoms with Gasteiger partial charge in [0.25, 0.3) is 5.91 Å². The average Bonchev–Trinajstić information content (AvgIpc) is 3.62. The minimum absolute atomic E-state index is 0.0286. The number of cyclic esters (lactones) is 1. The molecule has 1 aromatic carbocycles. The summed E-state index contributed by atoms with van der Waals surface area (Å²) in [5, 5.41) is 66.5. The molecule has 24 heteroatoms. The van der Waals surface area contributed by atoms with Gasteiger partial charge in [0.15, 0.2) is 18.7 Å². The molecule has 0 bridgehead atoms. The number of rotatable bonds is 19. The van der Waals surface area contributed by atoms with Gasteiger partial charge < -0.3 is 89.0 Å². The first kappa shape index (κ1) is 67.1. The number of nitrogens with zero attached hydrogens (tertiary/aromatic N) is 3. The molecule has 1 unspecified atom stereocenters. The number of aliphatic hydroxyl groups excluding tert-OH is 2. The Morgan fingerprint density at radius 2 is 1.62 bits per heavy atom. The monoisotopic (exact) mass is 1180 g/mol. The maximum absolute atomic E-state index is 14.7. The number of methoxy groups -OCH3 is 1. The van der Waals surface area contributed by atoms with Crippen LogP contribution in [0.5, 0.6) is 0 Å². The van der Waals surface area contributed by atoms with Gasteiger partial charge >= 0.3 is 17.9 Å². The van der Waals surface area contributed by atoms with E-state index in [1.165, 1.54) is 20.2 Å². The van der Waals surface area contributed by atoms with Gasteiger partial charge in [0.05, 0.1) is 58.6 Å². The molecule has 3 saturated heterocycles. The number of esters is 2. The standard InChI is InChI=1S/C58H93ClN6O17/c1-15-43-58(10,75)50(71)34(6)64(13)28-30(2)25-56(8,74)51(82-55-48(70)42(63(11)12)22-31(3)77-55)32(4)49(33(5)54(73)79-43)81-46-26-57(9,76-14)52(35(7)78-46)80-45(68)27-62-53(72)38-29-65(36-16-17-36)41-24-39(59)40(23-37(41)47(38)69)61-21-20-60-19-18-44(66)67/h23-24,29-36,42-43,46,48-52,55,60-61,70-71,74-75H,15-22,25-28H2,1-14H3,(H,62,72)(H,66,67)/t30-,31-,32+,33-,34-,35+,42+,43?,46+,48-,49+,50-,51-,52+,55+,56-,57-,58-/m1/s1. The van der Waals surface area contributed by atoms with Gasteiger partial charge in [0.2, 0.25) is 5.43 Å². The maximum atomic E-state index is 14.7. The SMILES string of the molecule is CCC1OC(=O)[C@H](C)[C@@H](O[C@H]2C[C@@](C)(OC)[C@@H](OC(=O)CNC(=O)c3cn(C4CC4)c4cc(Cl)c(NCCNCCC(=O)O)cc4c3=O)[C@H](C)O2)[C@H](C)[C@@H](O[C@@H]2O[C@H](C)C[C@H](N(C)C)[C@H]2O)[C@](C)(O)C[C@@H](C)CN(C)[C@H](C)[C@@H](O)[C@]1(C)O. The second kappa shape index (κ2) is 28.0. The van der Waals surface area contributed by atoms with Crippen LogP contribution in [0.3, 0.4) is 0 Å². The van der Waals surface area contributed by atoms with Crippen LogP contribution in [-0.4, -0.2) is 215 Å². The first-order valence-electron chi connectivity index (χ1n) is 28.9. The van der Waals surface area contributed by atoms with E-state index in [1.54, 1.807) is 60.6 Å². The van der Waals surface area contributed by atoms with Gasteiger partial charge in [-0.3, -0.25) is 24.0 Å². The van der Waals surface area contributed by atoms with E-state index >= 15 is 0 Å². The Labute approximate surface area is 486 Å². The molecule has 1 saturated carbocycles. The van der Waals surface area contributed by atoms with Gasteiger partial charge in [0.1, 0.15) is 41.6 Å².